The van der Waals surface area contributed by atoms with Crippen LogP contribution in [0.1, 0.15) is 84.5 Å². The van der Waals surface area contributed by atoms with Crippen molar-refractivity contribution in [1.82, 2.24) is 0 Å². The predicted octanol–water partition coefficient (Wildman–Crippen LogP) is 6.08. The summed E-state index contributed by atoms with van der Waals surface area (Å²) in [5.74, 6) is 0. The van der Waals surface area contributed by atoms with Crippen LogP contribution < -0.4 is 0 Å². The molecule has 0 aromatic rings. The lowest BCUT2D eigenvalue weighted by Gasteiger charge is -2.23. The van der Waals surface area contributed by atoms with Gasteiger partial charge in [-0.15, -0.1) is 0 Å². The molecule has 2 unspecified atom stereocenters. The number of hydrogen-bond donors (Lipinski definition) is 0. The molecule has 1 aliphatic rings. The summed E-state index contributed by atoms with van der Waals surface area (Å²) in [4.78, 5) is 0.807. The first-order valence-electron chi connectivity index (χ1n) is 7.30. The second-order valence-electron chi connectivity index (χ2n) is 6.02. The maximum Gasteiger partial charge on any atom is 0.0151 e. The minimum absolute atomic E-state index is 0.664. The van der Waals surface area contributed by atoms with E-state index < -0.39 is 0 Å². The van der Waals surface area contributed by atoms with Crippen LogP contribution in [0.3, 0.4) is 0 Å². The minimum atomic E-state index is 0.664. The summed E-state index contributed by atoms with van der Waals surface area (Å²) in [6, 6.07) is 0. The number of unbranched alkanes of at least 4 members (excludes halogenated alkanes) is 6. The van der Waals surface area contributed by atoms with Gasteiger partial charge in [0.05, 0.1) is 0 Å². The second kappa shape index (κ2) is 7.74. The zero-order chi connectivity index (χ0) is 11.9. The third-order valence-electron chi connectivity index (χ3n) is 4.16. The third-order valence-corrected chi connectivity index (χ3v) is 4.94. The topological polar surface area (TPSA) is 0 Å². The summed E-state index contributed by atoms with van der Waals surface area (Å²) in [7, 11) is 0. The highest BCUT2D eigenvalue weighted by molar-refractivity contribution is 9.09. The number of alkyl halides is 1. The maximum atomic E-state index is 3.76. The molecular formula is C15H29Br. The first-order valence-corrected chi connectivity index (χ1v) is 8.22. The highest BCUT2D eigenvalue weighted by atomic mass is 79.9. The molecule has 0 heterocycles. The fraction of sp³-hybridized carbons (Fsp3) is 1.00. The molecule has 0 aromatic carbocycles. The molecule has 16 heavy (non-hydrogen) atoms. The quantitative estimate of drug-likeness (QED) is 0.375. The van der Waals surface area contributed by atoms with Crippen LogP contribution in [-0.4, -0.2) is 4.83 Å². The first kappa shape index (κ1) is 14.5. The highest BCUT2D eigenvalue weighted by Crippen LogP contribution is 2.44. The molecule has 1 aliphatic carbocycles. The second-order valence-corrected chi connectivity index (χ2v) is 7.32. The van der Waals surface area contributed by atoms with Crippen LogP contribution in [0.25, 0.3) is 0 Å². The lowest BCUT2D eigenvalue weighted by Crippen LogP contribution is -2.11. The summed E-state index contributed by atoms with van der Waals surface area (Å²) in [6.45, 7) is 4.78. The van der Waals surface area contributed by atoms with Crippen molar-refractivity contribution >= 4 is 15.9 Å². The molecule has 1 fully saturated rings. The molecule has 0 saturated heterocycles. The van der Waals surface area contributed by atoms with Gasteiger partial charge in [0.1, 0.15) is 0 Å². The third kappa shape index (κ3) is 5.70. The lowest BCUT2D eigenvalue weighted by molar-refractivity contribution is 0.295. The molecule has 1 saturated carbocycles. The first-order chi connectivity index (χ1) is 7.66. The Morgan fingerprint density at radius 3 is 2.25 bits per heavy atom. The zero-order valence-electron chi connectivity index (χ0n) is 11.2. The van der Waals surface area contributed by atoms with Gasteiger partial charge in [0.25, 0.3) is 0 Å². The van der Waals surface area contributed by atoms with E-state index in [2.05, 4.69) is 29.8 Å². The number of rotatable bonds is 8. The molecule has 0 spiro atoms. The Morgan fingerprint density at radius 2 is 1.69 bits per heavy atom. The van der Waals surface area contributed by atoms with Crippen LogP contribution in [-0.2, 0) is 0 Å². The van der Waals surface area contributed by atoms with Gasteiger partial charge in [0.2, 0.25) is 0 Å². The fourth-order valence-electron chi connectivity index (χ4n) is 2.98. The van der Waals surface area contributed by atoms with Gasteiger partial charge in [-0.1, -0.05) is 74.7 Å². The van der Waals surface area contributed by atoms with E-state index in [4.69, 9.17) is 0 Å². The van der Waals surface area contributed by atoms with Crippen LogP contribution in [0.2, 0.25) is 0 Å². The van der Waals surface area contributed by atoms with Crippen molar-refractivity contribution in [3.8, 4) is 0 Å². The molecule has 0 N–H and O–H groups in total. The van der Waals surface area contributed by atoms with Gasteiger partial charge in [-0.3, -0.25) is 0 Å². The Morgan fingerprint density at radius 1 is 1.06 bits per heavy atom. The van der Waals surface area contributed by atoms with Crippen LogP contribution in [0.15, 0.2) is 0 Å². The van der Waals surface area contributed by atoms with E-state index >= 15 is 0 Å². The van der Waals surface area contributed by atoms with Crippen molar-refractivity contribution in [2.24, 2.45) is 5.41 Å². The van der Waals surface area contributed by atoms with E-state index in [-0.39, 0.29) is 0 Å². The molecule has 0 aliphatic heterocycles. The van der Waals surface area contributed by atoms with Crippen molar-refractivity contribution in [1.29, 1.82) is 0 Å². The van der Waals surface area contributed by atoms with Gasteiger partial charge in [-0.2, -0.15) is 0 Å². The molecule has 0 bridgehead atoms. The highest BCUT2D eigenvalue weighted by Gasteiger charge is 2.32. The fourth-order valence-corrected chi connectivity index (χ4v) is 3.99. The summed E-state index contributed by atoms with van der Waals surface area (Å²) >= 11 is 3.76. The average molecular weight is 289 g/mol. The van der Waals surface area contributed by atoms with Crippen LogP contribution in [0.5, 0.6) is 0 Å². The largest absolute Gasteiger partial charge is 0.0890 e. The van der Waals surface area contributed by atoms with E-state index in [0.717, 1.165) is 4.83 Å². The van der Waals surface area contributed by atoms with Crippen LogP contribution >= 0.6 is 15.9 Å². The Labute approximate surface area is 111 Å². The molecule has 0 amide bonds. The van der Waals surface area contributed by atoms with Crippen molar-refractivity contribution in [2.45, 2.75) is 89.3 Å². The summed E-state index contributed by atoms with van der Waals surface area (Å²) in [5.41, 5.74) is 0.664. The zero-order valence-corrected chi connectivity index (χ0v) is 12.8. The molecule has 1 rings (SSSR count). The minimum Gasteiger partial charge on any atom is -0.0890 e. The smallest absolute Gasteiger partial charge is 0.0151 e. The Kier molecular flexibility index (Phi) is 7.03. The van der Waals surface area contributed by atoms with Crippen LogP contribution in [0, 0.1) is 5.41 Å². The maximum absolute atomic E-state index is 3.76. The Balaban J connectivity index is 1.94. The molecule has 0 nitrogen and oxygen atoms in total. The van der Waals surface area contributed by atoms with Crippen LogP contribution in [0.4, 0.5) is 0 Å². The molecule has 2 atom stereocenters. The van der Waals surface area contributed by atoms with E-state index in [1.165, 1.54) is 70.6 Å². The van der Waals surface area contributed by atoms with E-state index in [9.17, 15) is 0 Å². The number of halogens is 1. The molecule has 96 valence electrons. The van der Waals surface area contributed by atoms with Crippen molar-refractivity contribution in [2.75, 3.05) is 0 Å². The van der Waals surface area contributed by atoms with Crippen molar-refractivity contribution < 1.29 is 0 Å². The van der Waals surface area contributed by atoms with E-state index in [0.29, 0.717) is 5.41 Å². The van der Waals surface area contributed by atoms with Gasteiger partial charge >= 0.3 is 0 Å². The molecule has 0 radical (unpaired) electrons. The van der Waals surface area contributed by atoms with Gasteiger partial charge in [0, 0.05) is 4.83 Å². The number of hydrogen-bond acceptors (Lipinski definition) is 0. The van der Waals surface area contributed by atoms with Gasteiger partial charge in [-0.25, -0.2) is 0 Å². The van der Waals surface area contributed by atoms with Gasteiger partial charge in [-0.05, 0) is 31.1 Å². The van der Waals surface area contributed by atoms with Gasteiger partial charge in [0.15, 0.2) is 0 Å². The Bertz CT molecular complexity index is 178. The lowest BCUT2D eigenvalue weighted by atomic mass is 9.83. The summed E-state index contributed by atoms with van der Waals surface area (Å²) < 4.78 is 0. The standard InChI is InChI=1S/C15H29Br/c1-3-4-5-6-7-8-9-11-15(2)12-10-14(16)13-15/h14H,3-13H2,1-2H3. The molecule has 1 heteroatoms. The monoisotopic (exact) mass is 288 g/mol. The van der Waals surface area contributed by atoms with Gasteiger partial charge < -0.3 is 0 Å². The molecule has 0 aromatic heterocycles. The van der Waals surface area contributed by atoms with E-state index in [1.54, 1.807) is 0 Å². The van der Waals surface area contributed by atoms with E-state index in [1.807, 2.05) is 0 Å². The Hall–Kier alpha value is 0.480. The average Bonchev–Trinajstić information content (AvgIpc) is 2.58. The van der Waals surface area contributed by atoms with Crippen molar-refractivity contribution in [3.63, 3.8) is 0 Å². The predicted molar refractivity (Wildman–Crippen MR) is 77.3 cm³/mol. The molecular weight excluding hydrogens is 260 g/mol. The van der Waals surface area contributed by atoms with Crippen molar-refractivity contribution in [3.05, 3.63) is 0 Å². The normalized spacial score (nSPS) is 29.8. The SMILES string of the molecule is CCCCCCCCCC1(C)CCC(Br)C1. The summed E-state index contributed by atoms with van der Waals surface area (Å²) in [6.07, 6.45) is 15.8. The summed E-state index contributed by atoms with van der Waals surface area (Å²) in [5, 5.41) is 0.